The molecule has 1 aliphatic heterocycles. The molecule has 1 aliphatic rings. The number of ether oxygens (including phenoxy) is 2. The Bertz CT molecular complexity index is 1070. The molecular weight excluding hydrogens is 428 g/mol. The zero-order chi connectivity index (χ0) is 23.6. The SMILES string of the molecule is CCCNC(=O)CN1CCOCCOc2ccc(-c3cncnc3)cc2Cc2cccc(c2)C1. The Morgan fingerprint density at radius 1 is 1.03 bits per heavy atom. The van der Waals surface area contributed by atoms with E-state index >= 15 is 0 Å². The van der Waals surface area contributed by atoms with Crippen molar-refractivity contribution in [2.24, 2.45) is 0 Å². The van der Waals surface area contributed by atoms with Crippen LogP contribution in [0.25, 0.3) is 11.1 Å². The van der Waals surface area contributed by atoms with Crippen molar-refractivity contribution in [2.75, 3.05) is 39.5 Å². The smallest absolute Gasteiger partial charge is 0.234 e. The van der Waals surface area contributed by atoms with Crippen LogP contribution in [0.2, 0.25) is 0 Å². The third kappa shape index (κ3) is 6.85. The Kier molecular flexibility index (Phi) is 8.60. The van der Waals surface area contributed by atoms with Crippen molar-refractivity contribution in [1.29, 1.82) is 0 Å². The Morgan fingerprint density at radius 3 is 2.74 bits per heavy atom. The van der Waals surface area contributed by atoms with Gasteiger partial charge in [0.05, 0.1) is 19.8 Å². The molecule has 0 saturated heterocycles. The van der Waals surface area contributed by atoms with Gasteiger partial charge in [0.2, 0.25) is 5.91 Å². The number of hydrogen-bond acceptors (Lipinski definition) is 6. The van der Waals surface area contributed by atoms with E-state index in [1.165, 1.54) is 17.5 Å². The van der Waals surface area contributed by atoms with Crippen molar-refractivity contribution in [3.63, 3.8) is 0 Å². The number of carbonyl (C=O) groups excluding carboxylic acids is 1. The number of rotatable bonds is 5. The number of amides is 1. The molecule has 178 valence electrons. The summed E-state index contributed by atoms with van der Waals surface area (Å²) in [7, 11) is 0. The van der Waals surface area contributed by atoms with Gasteiger partial charge in [-0.3, -0.25) is 9.69 Å². The van der Waals surface area contributed by atoms with E-state index in [9.17, 15) is 4.79 Å². The minimum atomic E-state index is 0.0498. The van der Waals surface area contributed by atoms with E-state index in [0.717, 1.165) is 35.3 Å². The zero-order valence-electron chi connectivity index (χ0n) is 19.7. The maximum atomic E-state index is 12.3. The van der Waals surface area contributed by atoms with Gasteiger partial charge in [0.25, 0.3) is 0 Å². The Balaban J connectivity index is 1.58. The first kappa shape index (κ1) is 23.9. The molecule has 1 N–H and O–H groups in total. The molecule has 0 fully saturated rings. The van der Waals surface area contributed by atoms with Gasteiger partial charge >= 0.3 is 0 Å². The summed E-state index contributed by atoms with van der Waals surface area (Å²) in [5, 5.41) is 2.97. The van der Waals surface area contributed by atoms with Crippen LogP contribution in [-0.4, -0.2) is 60.2 Å². The second-order valence-electron chi connectivity index (χ2n) is 8.47. The maximum absolute atomic E-state index is 12.3. The fraction of sp³-hybridized carbons (Fsp3) is 0.370. The van der Waals surface area contributed by atoms with E-state index in [1.807, 2.05) is 24.5 Å². The molecule has 3 aromatic rings. The second-order valence-corrected chi connectivity index (χ2v) is 8.47. The van der Waals surface area contributed by atoms with E-state index in [2.05, 4.69) is 57.4 Å². The van der Waals surface area contributed by atoms with Crippen LogP contribution in [0, 0.1) is 0 Å². The first-order valence-corrected chi connectivity index (χ1v) is 11.9. The molecule has 34 heavy (non-hydrogen) atoms. The first-order chi connectivity index (χ1) is 16.7. The lowest BCUT2D eigenvalue weighted by molar-refractivity contribution is -0.122. The van der Waals surface area contributed by atoms with E-state index in [-0.39, 0.29) is 5.91 Å². The van der Waals surface area contributed by atoms with Crippen LogP contribution in [0.15, 0.2) is 61.2 Å². The molecule has 0 radical (unpaired) electrons. The number of nitrogens with zero attached hydrogens (tertiary/aromatic N) is 3. The highest BCUT2D eigenvalue weighted by Gasteiger charge is 2.14. The summed E-state index contributed by atoms with van der Waals surface area (Å²) in [5.41, 5.74) is 5.51. The molecule has 1 amide bonds. The van der Waals surface area contributed by atoms with E-state index in [1.54, 1.807) is 0 Å². The van der Waals surface area contributed by atoms with Gasteiger partial charge in [0.15, 0.2) is 0 Å². The molecule has 0 aliphatic carbocycles. The van der Waals surface area contributed by atoms with Crippen LogP contribution >= 0.6 is 0 Å². The van der Waals surface area contributed by atoms with Crippen molar-refractivity contribution < 1.29 is 14.3 Å². The van der Waals surface area contributed by atoms with Gasteiger partial charge in [0.1, 0.15) is 18.7 Å². The number of benzene rings is 2. The summed E-state index contributed by atoms with van der Waals surface area (Å²) in [5.74, 6) is 0.912. The van der Waals surface area contributed by atoms with Crippen molar-refractivity contribution in [3.8, 4) is 16.9 Å². The predicted octanol–water partition coefficient (Wildman–Crippen LogP) is 3.47. The maximum Gasteiger partial charge on any atom is 0.234 e. The van der Waals surface area contributed by atoms with Crippen LogP contribution in [0.5, 0.6) is 5.75 Å². The lowest BCUT2D eigenvalue weighted by Crippen LogP contribution is -2.38. The quantitative estimate of drug-likeness (QED) is 0.628. The first-order valence-electron chi connectivity index (χ1n) is 11.9. The van der Waals surface area contributed by atoms with Crippen LogP contribution in [-0.2, 0) is 22.5 Å². The Labute approximate surface area is 201 Å². The fourth-order valence-corrected chi connectivity index (χ4v) is 4.05. The highest BCUT2D eigenvalue weighted by atomic mass is 16.5. The van der Waals surface area contributed by atoms with Gasteiger partial charge in [0, 0.05) is 44.0 Å². The average molecular weight is 461 g/mol. The summed E-state index contributed by atoms with van der Waals surface area (Å²) < 4.78 is 11.9. The van der Waals surface area contributed by atoms with Crippen molar-refractivity contribution in [1.82, 2.24) is 20.2 Å². The topological polar surface area (TPSA) is 76.6 Å². The molecule has 2 aromatic carbocycles. The van der Waals surface area contributed by atoms with E-state index < -0.39 is 0 Å². The third-order valence-electron chi connectivity index (χ3n) is 5.72. The molecular formula is C27H32N4O3. The minimum absolute atomic E-state index is 0.0498. The largest absolute Gasteiger partial charge is 0.491 e. The second kappa shape index (κ2) is 12.3. The summed E-state index contributed by atoms with van der Waals surface area (Å²) in [4.78, 5) is 22.8. The lowest BCUT2D eigenvalue weighted by atomic mass is 9.98. The monoisotopic (exact) mass is 460 g/mol. The lowest BCUT2D eigenvalue weighted by Gasteiger charge is -2.23. The molecule has 2 bridgehead atoms. The molecule has 4 rings (SSSR count). The van der Waals surface area contributed by atoms with Gasteiger partial charge in [-0.25, -0.2) is 9.97 Å². The van der Waals surface area contributed by atoms with Gasteiger partial charge in [-0.05, 0) is 40.8 Å². The van der Waals surface area contributed by atoms with Crippen LogP contribution in [0.3, 0.4) is 0 Å². The normalized spacial score (nSPS) is 15.0. The fourth-order valence-electron chi connectivity index (χ4n) is 4.05. The van der Waals surface area contributed by atoms with Crippen LogP contribution < -0.4 is 10.1 Å². The standard InChI is InChI=1S/C27H32N4O3/c1-2-8-30-27(32)19-31-9-10-33-11-12-34-26-7-6-23(25-16-28-20-29-17-25)15-24(26)14-21-4-3-5-22(13-21)18-31/h3-7,13,15-17,20H,2,8-12,14,18-19H2,1H3,(H,30,32). The molecule has 2 heterocycles. The Morgan fingerprint density at radius 2 is 1.88 bits per heavy atom. The summed E-state index contributed by atoms with van der Waals surface area (Å²) in [6.45, 7) is 6.00. The number of carbonyl (C=O) groups is 1. The molecule has 1 aromatic heterocycles. The summed E-state index contributed by atoms with van der Waals surface area (Å²) in [6, 6.07) is 14.8. The van der Waals surface area contributed by atoms with Gasteiger partial charge in [-0.15, -0.1) is 0 Å². The van der Waals surface area contributed by atoms with Gasteiger partial charge < -0.3 is 14.8 Å². The van der Waals surface area contributed by atoms with Gasteiger partial charge in [-0.2, -0.15) is 0 Å². The number of fused-ring (bicyclic) bond motifs is 3. The third-order valence-corrected chi connectivity index (χ3v) is 5.72. The average Bonchev–Trinajstić information content (AvgIpc) is 2.85. The molecule has 0 atom stereocenters. The Hall–Kier alpha value is -3.29. The van der Waals surface area contributed by atoms with E-state index in [0.29, 0.717) is 46.0 Å². The highest BCUT2D eigenvalue weighted by Crippen LogP contribution is 2.28. The molecule has 0 unspecified atom stereocenters. The number of nitrogens with one attached hydrogen (secondary N) is 1. The summed E-state index contributed by atoms with van der Waals surface area (Å²) in [6.07, 6.45) is 6.84. The molecule has 0 spiro atoms. The molecule has 7 heteroatoms. The highest BCUT2D eigenvalue weighted by molar-refractivity contribution is 5.78. The van der Waals surface area contributed by atoms with Gasteiger partial charge in [-0.1, -0.05) is 37.3 Å². The van der Waals surface area contributed by atoms with Crippen molar-refractivity contribution >= 4 is 5.91 Å². The van der Waals surface area contributed by atoms with E-state index in [4.69, 9.17) is 9.47 Å². The molecule has 0 saturated carbocycles. The summed E-state index contributed by atoms with van der Waals surface area (Å²) >= 11 is 0. The predicted molar refractivity (Wildman–Crippen MR) is 132 cm³/mol. The number of hydrogen-bond donors (Lipinski definition) is 1. The molecule has 7 nitrogen and oxygen atoms in total. The van der Waals surface area contributed by atoms with Crippen molar-refractivity contribution in [3.05, 3.63) is 77.9 Å². The minimum Gasteiger partial charge on any atom is -0.491 e. The zero-order valence-corrected chi connectivity index (χ0v) is 19.7. The van der Waals surface area contributed by atoms with Crippen molar-refractivity contribution in [2.45, 2.75) is 26.3 Å². The number of aromatic nitrogens is 2. The van der Waals surface area contributed by atoms with Crippen LogP contribution in [0.1, 0.15) is 30.0 Å². The van der Waals surface area contributed by atoms with Crippen LogP contribution in [0.4, 0.5) is 0 Å².